The molecule has 1 N–H and O–H groups in total. The standard InChI is InChI=1S/C7H6ClNO2/c1-4(10)6-2-5(11)3-9-7(6)8/h2-3,11H,1H3. The number of rotatable bonds is 1. The lowest BCUT2D eigenvalue weighted by Gasteiger charge is -1.97. The minimum atomic E-state index is -0.210. The maximum Gasteiger partial charge on any atom is 0.163 e. The van der Waals surface area contributed by atoms with Crippen molar-refractivity contribution < 1.29 is 9.90 Å². The molecule has 0 aromatic carbocycles. The van der Waals surface area contributed by atoms with E-state index in [1.165, 1.54) is 19.2 Å². The summed E-state index contributed by atoms with van der Waals surface area (Å²) in [6, 6.07) is 1.29. The van der Waals surface area contributed by atoms with E-state index in [9.17, 15) is 4.79 Å². The number of carbonyl (C=O) groups excluding carboxylic acids is 1. The number of halogens is 1. The smallest absolute Gasteiger partial charge is 0.163 e. The van der Waals surface area contributed by atoms with E-state index in [1.54, 1.807) is 0 Å². The molecule has 0 saturated carbocycles. The summed E-state index contributed by atoms with van der Waals surface area (Å²) in [5, 5.41) is 9.03. The van der Waals surface area contributed by atoms with Crippen molar-refractivity contribution in [3.05, 3.63) is 23.0 Å². The van der Waals surface area contributed by atoms with Gasteiger partial charge in [-0.2, -0.15) is 0 Å². The molecule has 0 aliphatic carbocycles. The zero-order valence-electron chi connectivity index (χ0n) is 5.84. The van der Waals surface area contributed by atoms with Crippen LogP contribution in [0.25, 0.3) is 0 Å². The first-order valence-electron chi connectivity index (χ1n) is 2.96. The van der Waals surface area contributed by atoms with E-state index >= 15 is 0 Å². The molecule has 0 aliphatic heterocycles. The van der Waals surface area contributed by atoms with E-state index in [1.807, 2.05) is 0 Å². The molecule has 4 heteroatoms. The Morgan fingerprint density at radius 3 is 2.82 bits per heavy atom. The fourth-order valence-corrected chi connectivity index (χ4v) is 0.920. The molecule has 1 rings (SSSR count). The van der Waals surface area contributed by atoms with E-state index in [-0.39, 0.29) is 22.2 Å². The van der Waals surface area contributed by atoms with Crippen LogP contribution in [-0.2, 0) is 0 Å². The van der Waals surface area contributed by atoms with Gasteiger partial charge in [-0.25, -0.2) is 4.98 Å². The third-order valence-corrected chi connectivity index (χ3v) is 1.51. The molecule has 3 nitrogen and oxygen atoms in total. The number of hydrogen-bond donors (Lipinski definition) is 1. The molecule has 1 aromatic heterocycles. The second-order valence-electron chi connectivity index (χ2n) is 2.09. The lowest BCUT2D eigenvalue weighted by molar-refractivity contribution is 0.101. The maximum absolute atomic E-state index is 10.8. The fourth-order valence-electron chi connectivity index (χ4n) is 0.684. The van der Waals surface area contributed by atoms with Gasteiger partial charge in [-0.3, -0.25) is 4.79 Å². The number of aromatic hydroxyl groups is 1. The number of aromatic nitrogens is 1. The van der Waals surface area contributed by atoms with Gasteiger partial charge in [-0.15, -0.1) is 0 Å². The molecule has 0 radical (unpaired) electrons. The third kappa shape index (κ3) is 1.68. The van der Waals surface area contributed by atoms with Crippen LogP contribution in [0, 0.1) is 0 Å². The van der Waals surface area contributed by atoms with E-state index in [2.05, 4.69) is 4.98 Å². The maximum atomic E-state index is 10.8. The molecule has 0 amide bonds. The van der Waals surface area contributed by atoms with Crippen LogP contribution in [0.5, 0.6) is 5.75 Å². The largest absolute Gasteiger partial charge is 0.506 e. The van der Waals surface area contributed by atoms with Crippen molar-refractivity contribution in [3.8, 4) is 5.75 Å². The molecule has 0 aliphatic rings. The molecular formula is C7H6ClNO2. The van der Waals surface area contributed by atoms with Gasteiger partial charge in [0.05, 0.1) is 11.8 Å². The predicted molar refractivity (Wildman–Crippen MR) is 40.9 cm³/mol. The summed E-state index contributed by atoms with van der Waals surface area (Å²) in [7, 11) is 0. The van der Waals surface area contributed by atoms with Crippen LogP contribution in [0.15, 0.2) is 12.3 Å². The van der Waals surface area contributed by atoms with Crippen LogP contribution in [0.4, 0.5) is 0 Å². The van der Waals surface area contributed by atoms with E-state index in [0.29, 0.717) is 0 Å². The second kappa shape index (κ2) is 2.88. The van der Waals surface area contributed by atoms with Crippen molar-refractivity contribution in [2.75, 3.05) is 0 Å². The van der Waals surface area contributed by atoms with Crippen LogP contribution in [0.1, 0.15) is 17.3 Å². The lowest BCUT2D eigenvalue weighted by Crippen LogP contribution is -1.94. The average Bonchev–Trinajstić information content (AvgIpc) is 1.94. The van der Waals surface area contributed by atoms with Crippen molar-refractivity contribution in [2.45, 2.75) is 6.92 Å². The summed E-state index contributed by atoms with van der Waals surface area (Å²) in [4.78, 5) is 14.4. The van der Waals surface area contributed by atoms with Crippen LogP contribution < -0.4 is 0 Å². The zero-order chi connectivity index (χ0) is 8.43. The SMILES string of the molecule is CC(=O)c1cc(O)cnc1Cl. The first-order valence-corrected chi connectivity index (χ1v) is 3.34. The molecule has 0 unspecified atom stereocenters. The van der Waals surface area contributed by atoms with Crippen LogP contribution in [0.2, 0.25) is 5.15 Å². The Bertz CT molecular complexity index is 298. The van der Waals surface area contributed by atoms with Gasteiger partial charge in [0, 0.05) is 0 Å². The summed E-state index contributed by atoms with van der Waals surface area (Å²) in [5.41, 5.74) is 0.242. The molecule has 11 heavy (non-hydrogen) atoms. The minimum absolute atomic E-state index is 0.0559. The van der Waals surface area contributed by atoms with Gasteiger partial charge < -0.3 is 5.11 Å². The molecule has 0 spiro atoms. The summed E-state index contributed by atoms with van der Waals surface area (Å²) in [5.74, 6) is -0.266. The minimum Gasteiger partial charge on any atom is -0.506 e. The number of pyridine rings is 1. The highest BCUT2D eigenvalue weighted by Gasteiger charge is 2.06. The van der Waals surface area contributed by atoms with Gasteiger partial charge in [0.15, 0.2) is 5.78 Å². The first kappa shape index (κ1) is 8.01. The Balaban J connectivity index is 3.23. The first-order chi connectivity index (χ1) is 5.11. The van der Waals surface area contributed by atoms with Gasteiger partial charge in [0.25, 0.3) is 0 Å². The Morgan fingerprint density at radius 2 is 2.36 bits per heavy atom. The number of hydrogen-bond acceptors (Lipinski definition) is 3. The molecule has 58 valence electrons. The summed E-state index contributed by atoms with van der Waals surface area (Å²) in [6.07, 6.45) is 1.19. The van der Waals surface area contributed by atoms with Crippen molar-refractivity contribution in [3.63, 3.8) is 0 Å². The second-order valence-corrected chi connectivity index (χ2v) is 2.45. The Hall–Kier alpha value is -1.09. The van der Waals surface area contributed by atoms with Crippen LogP contribution in [-0.4, -0.2) is 15.9 Å². The molecular weight excluding hydrogens is 166 g/mol. The highest BCUT2D eigenvalue weighted by atomic mass is 35.5. The molecule has 0 atom stereocenters. The Kier molecular flexibility index (Phi) is 2.10. The number of carbonyl (C=O) groups is 1. The van der Waals surface area contributed by atoms with E-state index < -0.39 is 0 Å². The molecule has 1 heterocycles. The van der Waals surface area contributed by atoms with Gasteiger partial charge in [-0.1, -0.05) is 11.6 Å². The molecule has 0 fully saturated rings. The summed E-state index contributed by atoms with van der Waals surface area (Å²) >= 11 is 5.55. The van der Waals surface area contributed by atoms with Crippen molar-refractivity contribution in [1.82, 2.24) is 4.98 Å². The number of Topliss-reactive ketones (excluding diaryl/α,β-unsaturated/α-hetero) is 1. The van der Waals surface area contributed by atoms with Gasteiger partial charge >= 0.3 is 0 Å². The number of nitrogens with zero attached hydrogens (tertiary/aromatic N) is 1. The van der Waals surface area contributed by atoms with Crippen LogP contribution >= 0.6 is 11.6 Å². The Morgan fingerprint density at radius 1 is 1.73 bits per heavy atom. The normalized spacial score (nSPS) is 9.64. The van der Waals surface area contributed by atoms with Gasteiger partial charge in [-0.05, 0) is 13.0 Å². The van der Waals surface area contributed by atoms with Crippen molar-refractivity contribution in [1.29, 1.82) is 0 Å². The van der Waals surface area contributed by atoms with E-state index in [4.69, 9.17) is 16.7 Å². The molecule has 0 bridgehead atoms. The highest BCUT2D eigenvalue weighted by molar-refractivity contribution is 6.32. The quantitative estimate of drug-likeness (QED) is 0.516. The Labute approximate surface area is 68.6 Å². The molecule has 0 saturated heterocycles. The zero-order valence-corrected chi connectivity index (χ0v) is 6.59. The fraction of sp³-hybridized carbons (Fsp3) is 0.143. The van der Waals surface area contributed by atoms with Crippen molar-refractivity contribution >= 4 is 17.4 Å². The summed E-state index contributed by atoms with van der Waals surface area (Å²) < 4.78 is 0. The monoisotopic (exact) mass is 171 g/mol. The number of ketones is 1. The third-order valence-electron chi connectivity index (χ3n) is 1.20. The van der Waals surface area contributed by atoms with Crippen molar-refractivity contribution in [2.24, 2.45) is 0 Å². The summed E-state index contributed by atoms with van der Waals surface area (Å²) in [6.45, 7) is 1.36. The van der Waals surface area contributed by atoms with E-state index in [0.717, 1.165) is 0 Å². The van der Waals surface area contributed by atoms with Gasteiger partial charge in [0.2, 0.25) is 0 Å². The topological polar surface area (TPSA) is 50.2 Å². The van der Waals surface area contributed by atoms with Crippen LogP contribution in [0.3, 0.4) is 0 Å². The molecule has 1 aromatic rings. The van der Waals surface area contributed by atoms with Gasteiger partial charge in [0.1, 0.15) is 10.9 Å². The average molecular weight is 172 g/mol. The highest BCUT2D eigenvalue weighted by Crippen LogP contribution is 2.17. The lowest BCUT2D eigenvalue weighted by atomic mass is 10.2. The predicted octanol–water partition coefficient (Wildman–Crippen LogP) is 1.64.